The minimum atomic E-state index is 0.200. The summed E-state index contributed by atoms with van der Waals surface area (Å²) >= 11 is 0. The van der Waals surface area contributed by atoms with Crippen LogP contribution >= 0.6 is 0 Å². The first-order valence-electron chi connectivity index (χ1n) is 5.05. The van der Waals surface area contributed by atoms with Crippen LogP contribution in [0.15, 0.2) is 6.20 Å². The third-order valence-electron chi connectivity index (χ3n) is 2.66. The van der Waals surface area contributed by atoms with Crippen molar-refractivity contribution in [3.05, 3.63) is 11.9 Å². The quantitative estimate of drug-likeness (QED) is 0.762. The molecular weight excluding hydrogens is 206 g/mol. The van der Waals surface area contributed by atoms with Gasteiger partial charge in [0.1, 0.15) is 11.9 Å². The first-order chi connectivity index (χ1) is 7.74. The Kier molecular flexibility index (Phi) is 2.88. The van der Waals surface area contributed by atoms with E-state index >= 15 is 0 Å². The molecule has 0 aliphatic carbocycles. The van der Waals surface area contributed by atoms with Crippen LogP contribution in [0.5, 0.6) is 0 Å². The fourth-order valence-corrected chi connectivity index (χ4v) is 1.82. The number of hydrogen-bond donors (Lipinski definition) is 1. The number of hydrogen-bond acceptors (Lipinski definition) is 6. The van der Waals surface area contributed by atoms with Gasteiger partial charge in [-0.05, 0) is 6.42 Å². The molecule has 16 heavy (non-hydrogen) atoms. The van der Waals surface area contributed by atoms with E-state index in [-0.39, 0.29) is 17.6 Å². The highest BCUT2D eigenvalue weighted by Gasteiger charge is 2.25. The van der Waals surface area contributed by atoms with E-state index in [0.29, 0.717) is 5.82 Å². The number of nitrogens with two attached hydrogens (primary N) is 1. The summed E-state index contributed by atoms with van der Waals surface area (Å²) in [6, 6.07) is 2.01. The van der Waals surface area contributed by atoms with Crippen LogP contribution in [0.25, 0.3) is 0 Å². The minimum absolute atomic E-state index is 0.200. The molecule has 1 aromatic rings. The van der Waals surface area contributed by atoms with Crippen molar-refractivity contribution in [3.8, 4) is 6.07 Å². The Morgan fingerprint density at radius 3 is 3.12 bits per heavy atom. The maximum atomic E-state index is 8.96. The van der Waals surface area contributed by atoms with Gasteiger partial charge in [0.15, 0.2) is 11.5 Å². The van der Waals surface area contributed by atoms with E-state index < -0.39 is 0 Å². The number of ether oxygens (including phenoxy) is 1. The molecule has 0 aromatic carbocycles. The molecule has 6 nitrogen and oxygen atoms in total. The predicted octanol–water partition coefficient (Wildman–Crippen LogP) is 0.156. The molecule has 6 heteroatoms. The van der Waals surface area contributed by atoms with Gasteiger partial charge in [-0.2, -0.15) is 5.26 Å². The summed E-state index contributed by atoms with van der Waals surface area (Å²) in [5, 5.41) is 8.96. The average Bonchev–Trinajstić information content (AvgIpc) is 2.77. The van der Waals surface area contributed by atoms with E-state index in [2.05, 4.69) is 9.97 Å². The van der Waals surface area contributed by atoms with Crippen LogP contribution in [0.3, 0.4) is 0 Å². The molecule has 1 atom stereocenters. The van der Waals surface area contributed by atoms with Crippen LogP contribution in [0.4, 0.5) is 11.6 Å². The fraction of sp³-hybridized carbons (Fsp3) is 0.500. The van der Waals surface area contributed by atoms with Gasteiger partial charge in [0.2, 0.25) is 0 Å². The summed E-state index contributed by atoms with van der Waals surface area (Å²) in [5.41, 5.74) is 5.76. The van der Waals surface area contributed by atoms with Crippen LogP contribution in [0.1, 0.15) is 12.1 Å². The zero-order valence-electron chi connectivity index (χ0n) is 9.05. The average molecular weight is 219 g/mol. The number of nitrogens with zero attached hydrogens (tertiary/aromatic N) is 4. The summed E-state index contributed by atoms with van der Waals surface area (Å²) in [6.07, 6.45) is 2.61. The fourth-order valence-electron chi connectivity index (χ4n) is 1.82. The van der Waals surface area contributed by atoms with Gasteiger partial charge in [-0.1, -0.05) is 0 Å². The number of anilines is 2. The third kappa shape index (κ3) is 1.90. The Hall–Kier alpha value is -1.87. The molecule has 2 rings (SSSR count). The topological polar surface area (TPSA) is 88.1 Å². The van der Waals surface area contributed by atoms with Crippen molar-refractivity contribution in [3.63, 3.8) is 0 Å². The molecule has 1 aromatic heterocycles. The zero-order chi connectivity index (χ0) is 11.5. The van der Waals surface area contributed by atoms with E-state index in [1.165, 1.54) is 6.20 Å². The Bertz CT molecular complexity index is 428. The van der Waals surface area contributed by atoms with Crippen molar-refractivity contribution in [1.82, 2.24) is 9.97 Å². The summed E-state index contributed by atoms with van der Waals surface area (Å²) in [6.45, 7) is 1.57. The van der Waals surface area contributed by atoms with E-state index in [4.69, 9.17) is 15.7 Å². The molecule has 2 heterocycles. The molecule has 84 valence electrons. The van der Waals surface area contributed by atoms with Crippen LogP contribution in [0.2, 0.25) is 0 Å². The summed E-state index contributed by atoms with van der Waals surface area (Å²) in [4.78, 5) is 10.1. The largest absolute Gasteiger partial charge is 0.382 e. The van der Waals surface area contributed by atoms with Gasteiger partial charge in [-0.3, -0.25) is 0 Å². The molecular formula is C10H13N5O. The highest BCUT2D eigenvalue weighted by molar-refractivity contribution is 5.53. The smallest absolute Gasteiger partial charge is 0.185 e. The molecule has 1 aliphatic rings. The van der Waals surface area contributed by atoms with Crippen LogP contribution in [-0.4, -0.2) is 36.3 Å². The molecule has 0 bridgehead atoms. The Balaban J connectivity index is 2.25. The number of aromatic nitrogens is 2. The maximum absolute atomic E-state index is 8.96. The van der Waals surface area contributed by atoms with Crippen LogP contribution in [0, 0.1) is 11.3 Å². The molecule has 1 aliphatic heterocycles. The Morgan fingerprint density at radius 2 is 2.50 bits per heavy atom. The molecule has 1 fully saturated rings. The van der Waals surface area contributed by atoms with E-state index in [1.54, 1.807) is 7.11 Å². The highest BCUT2D eigenvalue weighted by Crippen LogP contribution is 2.22. The Labute approximate surface area is 93.7 Å². The van der Waals surface area contributed by atoms with Crippen molar-refractivity contribution in [2.75, 3.05) is 30.8 Å². The lowest BCUT2D eigenvalue weighted by molar-refractivity contribution is 0.121. The van der Waals surface area contributed by atoms with Gasteiger partial charge >= 0.3 is 0 Å². The molecule has 0 radical (unpaired) electrons. The summed E-state index contributed by atoms with van der Waals surface area (Å²) < 4.78 is 5.26. The lowest BCUT2D eigenvalue weighted by Crippen LogP contribution is -2.24. The standard InChI is InChI=1S/C10H13N5O/c1-16-7-2-3-15(6-7)10-8(4-11)14-9(12)5-13-10/h5,7H,2-3,6H2,1H3,(H2,12,14)/t7-/m1/s1. The lowest BCUT2D eigenvalue weighted by atomic mass is 10.3. The molecule has 0 unspecified atom stereocenters. The van der Waals surface area contributed by atoms with Gasteiger partial charge in [0.25, 0.3) is 0 Å². The first-order valence-corrected chi connectivity index (χ1v) is 5.05. The van der Waals surface area contributed by atoms with Crippen molar-refractivity contribution < 1.29 is 4.74 Å². The monoisotopic (exact) mass is 219 g/mol. The van der Waals surface area contributed by atoms with E-state index in [0.717, 1.165) is 19.5 Å². The molecule has 0 saturated carbocycles. The Morgan fingerprint density at radius 1 is 1.69 bits per heavy atom. The van der Waals surface area contributed by atoms with Gasteiger partial charge in [-0.25, -0.2) is 9.97 Å². The number of methoxy groups -OCH3 is 1. The van der Waals surface area contributed by atoms with Crippen molar-refractivity contribution in [2.24, 2.45) is 0 Å². The number of rotatable bonds is 2. The third-order valence-corrected chi connectivity index (χ3v) is 2.66. The van der Waals surface area contributed by atoms with Gasteiger partial charge in [0.05, 0.1) is 12.3 Å². The number of nitrogen functional groups attached to an aromatic ring is 1. The number of nitriles is 1. The van der Waals surface area contributed by atoms with Crippen LogP contribution < -0.4 is 10.6 Å². The summed E-state index contributed by atoms with van der Waals surface area (Å²) in [7, 11) is 1.69. The predicted molar refractivity (Wildman–Crippen MR) is 58.8 cm³/mol. The molecule has 1 saturated heterocycles. The maximum Gasteiger partial charge on any atom is 0.185 e. The van der Waals surface area contributed by atoms with E-state index in [9.17, 15) is 0 Å². The minimum Gasteiger partial charge on any atom is -0.382 e. The van der Waals surface area contributed by atoms with Gasteiger partial charge in [0, 0.05) is 20.2 Å². The second-order valence-corrected chi connectivity index (χ2v) is 3.67. The SMILES string of the molecule is CO[C@@H]1CCN(c2ncc(N)nc2C#N)C1. The normalized spacial score (nSPS) is 19.8. The van der Waals surface area contributed by atoms with Gasteiger partial charge < -0.3 is 15.4 Å². The van der Waals surface area contributed by atoms with Crippen molar-refractivity contribution >= 4 is 11.6 Å². The molecule has 0 amide bonds. The zero-order valence-corrected chi connectivity index (χ0v) is 9.05. The summed E-state index contributed by atoms with van der Waals surface area (Å²) in [5.74, 6) is 0.860. The second kappa shape index (κ2) is 4.33. The highest BCUT2D eigenvalue weighted by atomic mass is 16.5. The van der Waals surface area contributed by atoms with E-state index in [1.807, 2.05) is 11.0 Å². The van der Waals surface area contributed by atoms with Crippen molar-refractivity contribution in [2.45, 2.75) is 12.5 Å². The second-order valence-electron chi connectivity index (χ2n) is 3.67. The first kappa shape index (κ1) is 10.6. The lowest BCUT2D eigenvalue weighted by Gasteiger charge is -2.17. The van der Waals surface area contributed by atoms with Crippen LogP contribution in [-0.2, 0) is 4.74 Å². The molecule has 0 spiro atoms. The van der Waals surface area contributed by atoms with Gasteiger partial charge in [-0.15, -0.1) is 0 Å². The molecule has 2 N–H and O–H groups in total. The van der Waals surface area contributed by atoms with Crippen molar-refractivity contribution in [1.29, 1.82) is 5.26 Å².